The van der Waals surface area contributed by atoms with Crippen LogP contribution in [0.2, 0.25) is 0 Å². The molecule has 0 bridgehead atoms. The number of aromatic nitrogens is 1. The third kappa shape index (κ3) is 4.57. The highest BCUT2D eigenvalue weighted by molar-refractivity contribution is 5.89. The number of aryl methyl sites for hydroxylation is 1. The molecule has 24 heavy (non-hydrogen) atoms. The zero-order chi connectivity index (χ0) is 17.4. The molecule has 2 rings (SSSR count). The van der Waals surface area contributed by atoms with Gasteiger partial charge < -0.3 is 9.30 Å². The Labute approximate surface area is 143 Å². The minimum atomic E-state index is -0.551. The smallest absolute Gasteiger partial charge is 0.343 e. The maximum absolute atomic E-state index is 12.3. The van der Waals surface area contributed by atoms with Crippen molar-refractivity contribution >= 4 is 5.97 Å². The fraction of sp³-hybridized carbons (Fsp3) is 0.400. The summed E-state index contributed by atoms with van der Waals surface area (Å²) < 4.78 is 7.00. The van der Waals surface area contributed by atoms with Gasteiger partial charge in [0.1, 0.15) is 5.56 Å². The topological polar surface area (TPSA) is 48.3 Å². The van der Waals surface area contributed by atoms with E-state index in [1.165, 1.54) is 12.8 Å². The number of nitrogens with zero attached hydrogens (tertiary/aromatic N) is 1. The normalized spacial score (nSPS) is 10.6. The van der Waals surface area contributed by atoms with Gasteiger partial charge in [-0.2, -0.15) is 0 Å². The number of esters is 1. The highest BCUT2D eigenvalue weighted by Crippen LogP contribution is 2.19. The highest BCUT2D eigenvalue weighted by Gasteiger charge is 2.15. The Hall–Kier alpha value is -2.36. The van der Waals surface area contributed by atoms with Gasteiger partial charge >= 0.3 is 5.97 Å². The van der Waals surface area contributed by atoms with Crippen LogP contribution in [0, 0.1) is 0 Å². The zero-order valence-corrected chi connectivity index (χ0v) is 14.5. The van der Waals surface area contributed by atoms with Crippen molar-refractivity contribution in [1.82, 2.24) is 4.57 Å². The molecule has 1 aromatic carbocycles. The summed E-state index contributed by atoms with van der Waals surface area (Å²) in [7, 11) is 0. The summed E-state index contributed by atoms with van der Waals surface area (Å²) in [5.74, 6) is -0.551. The van der Waals surface area contributed by atoms with Crippen LogP contribution in [0.3, 0.4) is 0 Å². The third-order valence-corrected chi connectivity index (χ3v) is 3.95. The fourth-order valence-electron chi connectivity index (χ4n) is 2.69. The molecule has 128 valence electrons. The fourth-order valence-corrected chi connectivity index (χ4v) is 2.69. The molecule has 0 radical (unpaired) electrons. The van der Waals surface area contributed by atoms with Crippen LogP contribution in [0.25, 0.3) is 11.3 Å². The molecule has 1 heterocycles. The predicted molar refractivity (Wildman–Crippen MR) is 96.2 cm³/mol. The third-order valence-electron chi connectivity index (χ3n) is 3.95. The van der Waals surface area contributed by atoms with Gasteiger partial charge in [0.15, 0.2) is 5.43 Å². The molecule has 0 saturated heterocycles. The SMILES string of the molecule is CCCCCCn1cc(C(=O)OCC)c(=O)cc1-c1ccccc1. The number of hydrogen-bond acceptors (Lipinski definition) is 3. The van der Waals surface area contributed by atoms with E-state index >= 15 is 0 Å². The van der Waals surface area contributed by atoms with Gasteiger partial charge in [-0.25, -0.2) is 4.79 Å². The first kappa shape index (κ1) is 18.0. The highest BCUT2D eigenvalue weighted by atomic mass is 16.5. The van der Waals surface area contributed by atoms with E-state index in [0.29, 0.717) is 0 Å². The largest absolute Gasteiger partial charge is 0.462 e. The molecule has 0 aliphatic carbocycles. The van der Waals surface area contributed by atoms with Gasteiger partial charge in [0.2, 0.25) is 0 Å². The molecule has 0 spiro atoms. The van der Waals surface area contributed by atoms with Crippen molar-refractivity contribution < 1.29 is 9.53 Å². The average Bonchev–Trinajstić information content (AvgIpc) is 2.60. The Morgan fingerprint density at radius 3 is 2.50 bits per heavy atom. The first-order chi connectivity index (χ1) is 11.7. The number of pyridine rings is 1. The Bertz CT molecular complexity index is 719. The van der Waals surface area contributed by atoms with E-state index in [9.17, 15) is 9.59 Å². The van der Waals surface area contributed by atoms with Crippen molar-refractivity contribution in [2.75, 3.05) is 6.61 Å². The number of unbranched alkanes of at least 4 members (excludes halogenated alkanes) is 3. The summed E-state index contributed by atoms with van der Waals surface area (Å²) in [6.07, 6.45) is 6.15. The molecule has 0 aliphatic rings. The Kier molecular flexibility index (Phi) is 6.79. The minimum absolute atomic E-state index is 0.104. The summed E-state index contributed by atoms with van der Waals surface area (Å²) >= 11 is 0. The lowest BCUT2D eigenvalue weighted by Gasteiger charge is -2.15. The van der Waals surface area contributed by atoms with E-state index in [0.717, 1.165) is 30.6 Å². The van der Waals surface area contributed by atoms with E-state index in [2.05, 4.69) is 6.92 Å². The van der Waals surface area contributed by atoms with E-state index in [4.69, 9.17) is 4.74 Å². The van der Waals surface area contributed by atoms with Crippen molar-refractivity contribution in [1.29, 1.82) is 0 Å². The van der Waals surface area contributed by atoms with Crippen molar-refractivity contribution in [2.45, 2.75) is 46.1 Å². The van der Waals surface area contributed by atoms with E-state index in [1.54, 1.807) is 19.2 Å². The predicted octanol–water partition coefficient (Wildman–Crippen LogP) is 4.27. The van der Waals surface area contributed by atoms with Crippen LogP contribution in [-0.4, -0.2) is 17.1 Å². The summed E-state index contributed by atoms with van der Waals surface area (Å²) in [6.45, 7) is 4.94. The summed E-state index contributed by atoms with van der Waals surface area (Å²) in [5, 5.41) is 0. The van der Waals surface area contributed by atoms with E-state index in [-0.39, 0.29) is 17.6 Å². The Morgan fingerprint density at radius 1 is 1.08 bits per heavy atom. The van der Waals surface area contributed by atoms with Gasteiger partial charge in [0.25, 0.3) is 0 Å². The second-order valence-corrected chi connectivity index (χ2v) is 5.78. The Morgan fingerprint density at radius 2 is 1.83 bits per heavy atom. The first-order valence-corrected chi connectivity index (χ1v) is 8.64. The second-order valence-electron chi connectivity index (χ2n) is 5.78. The van der Waals surface area contributed by atoms with Crippen LogP contribution >= 0.6 is 0 Å². The average molecular weight is 327 g/mol. The molecule has 0 atom stereocenters. The van der Waals surface area contributed by atoms with Gasteiger partial charge in [-0.3, -0.25) is 4.79 Å². The molecule has 4 heteroatoms. The molecule has 0 aliphatic heterocycles. The maximum atomic E-state index is 12.3. The van der Waals surface area contributed by atoms with Crippen LogP contribution < -0.4 is 5.43 Å². The quantitative estimate of drug-likeness (QED) is 0.537. The van der Waals surface area contributed by atoms with E-state index in [1.807, 2.05) is 34.9 Å². The van der Waals surface area contributed by atoms with Gasteiger partial charge in [-0.15, -0.1) is 0 Å². The number of rotatable bonds is 8. The standard InChI is InChI=1S/C20H25NO3/c1-3-5-6-10-13-21-15-17(20(23)24-4-2)19(22)14-18(21)16-11-8-7-9-12-16/h7-9,11-12,14-15H,3-6,10,13H2,1-2H3. The molecular weight excluding hydrogens is 302 g/mol. The van der Waals surface area contributed by atoms with Gasteiger partial charge in [0.05, 0.1) is 12.3 Å². The zero-order valence-electron chi connectivity index (χ0n) is 14.5. The van der Waals surface area contributed by atoms with Gasteiger partial charge in [-0.05, 0) is 18.9 Å². The van der Waals surface area contributed by atoms with Gasteiger partial charge in [0, 0.05) is 18.8 Å². The van der Waals surface area contributed by atoms with Crippen molar-refractivity contribution in [3.8, 4) is 11.3 Å². The monoisotopic (exact) mass is 327 g/mol. The van der Waals surface area contributed by atoms with Gasteiger partial charge in [-0.1, -0.05) is 56.5 Å². The lowest BCUT2D eigenvalue weighted by atomic mass is 10.1. The molecule has 0 N–H and O–H groups in total. The number of benzene rings is 1. The maximum Gasteiger partial charge on any atom is 0.343 e. The van der Waals surface area contributed by atoms with E-state index < -0.39 is 5.97 Å². The number of hydrogen-bond donors (Lipinski definition) is 0. The molecule has 4 nitrogen and oxygen atoms in total. The summed E-state index contributed by atoms with van der Waals surface area (Å²) in [4.78, 5) is 24.4. The molecule has 1 aromatic heterocycles. The number of carbonyl (C=O) groups is 1. The minimum Gasteiger partial charge on any atom is -0.462 e. The number of ether oxygens (including phenoxy) is 1. The van der Waals surface area contributed by atoms with Crippen molar-refractivity contribution in [2.24, 2.45) is 0 Å². The van der Waals surface area contributed by atoms with Crippen LogP contribution in [0.15, 0.2) is 47.4 Å². The van der Waals surface area contributed by atoms with Crippen LogP contribution in [0.5, 0.6) is 0 Å². The molecule has 2 aromatic rings. The molecular formula is C20H25NO3. The lowest BCUT2D eigenvalue weighted by Crippen LogP contribution is -2.20. The van der Waals surface area contributed by atoms with Crippen LogP contribution in [0.4, 0.5) is 0 Å². The molecule has 0 saturated carbocycles. The second kappa shape index (κ2) is 9.06. The summed E-state index contributed by atoms with van der Waals surface area (Å²) in [5.41, 5.74) is 1.62. The molecule has 0 unspecified atom stereocenters. The molecule has 0 amide bonds. The number of carbonyl (C=O) groups excluding carboxylic acids is 1. The summed E-state index contributed by atoms with van der Waals surface area (Å²) in [6, 6.07) is 11.3. The van der Waals surface area contributed by atoms with Crippen LogP contribution in [0.1, 0.15) is 49.9 Å². The van der Waals surface area contributed by atoms with Crippen LogP contribution in [-0.2, 0) is 11.3 Å². The lowest BCUT2D eigenvalue weighted by molar-refractivity contribution is 0.0524. The van der Waals surface area contributed by atoms with Crippen molar-refractivity contribution in [3.05, 3.63) is 58.4 Å². The Balaban J connectivity index is 2.39. The molecule has 0 fully saturated rings. The first-order valence-electron chi connectivity index (χ1n) is 8.64. The van der Waals surface area contributed by atoms with Crippen molar-refractivity contribution in [3.63, 3.8) is 0 Å².